The molecule has 2 unspecified atom stereocenters. The number of hydrogen-bond acceptors (Lipinski definition) is 6. The average molecular weight is 425 g/mol. The summed E-state index contributed by atoms with van der Waals surface area (Å²) in [6.45, 7) is 1.73. The molecule has 9 nitrogen and oxygen atoms in total. The zero-order chi connectivity index (χ0) is 22.1. The number of nitrogens with zero attached hydrogens (tertiary/aromatic N) is 1. The van der Waals surface area contributed by atoms with Crippen molar-refractivity contribution < 1.29 is 19.1 Å². The average Bonchev–Trinajstić information content (AvgIpc) is 3.20. The van der Waals surface area contributed by atoms with Gasteiger partial charge in [0.15, 0.2) is 0 Å². The molecule has 0 radical (unpaired) electrons. The molecule has 5 atom stereocenters. The van der Waals surface area contributed by atoms with Crippen LogP contribution in [0.2, 0.25) is 0 Å². The van der Waals surface area contributed by atoms with Gasteiger partial charge in [0.2, 0.25) is 5.91 Å². The number of nitrogens with one attached hydrogen (secondary N) is 3. The Morgan fingerprint density at radius 2 is 1.90 bits per heavy atom. The van der Waals surface area contributed by atoms with Gasteiger partial charge in [-0.1, -0.05) is 36.4 Å². The largest absolute Gasteiger partial charge is 0.353 e. The van der Waals surface area contributed by atoms with Crippen molar-refractivity contribution in [3.8, 4) is 0 Å². The van der Waals surface area contributed by atoms with E-state index in [4.69, 9.17) is 10.5 Å². The van der Waals surface area contributed by atoms with Gasteiger partial charge in [-0.05, 0) is 38.3 Å². The van der Waals surface area contributed by atoms with Crippen LogP contribution in [0.3, 0.4) is 0 Å². The van der Waals surface area contributed by atoms with Gasteiger partial charge in [0.1, 0.15) is 24.5 Å². The molecule has 0 saturated carbocycles. The molecule has 0 aliphatic carbocycles. The van der Waals surface area contributed by atoms with Gasteiger partial charge in [0.05, 0.1) is 6.10 Å². The van der Waals surface area contributed by atoms with Crippen molar-refractivity contribution in [1.29, 1.82) is 0 Å². The fourth-order valence-corrected chi connectivity index (χ4v) is 4.26. The lowest BCUT2D eigenvalue weighted by atomic mass is 10.1. The Hall–Kier alpha value is -3.01. The Balaban J connectivity index is 1.52. The summed E-state index contributed by atoms with van der Waals surface area (Å²) in [5.74, 6) is -1.12. The maximum Gasteiger partial charge on any atom is 0.252 e. The fraction of sp³-hybridized carbons (Fsp3) is 0.409. The Labute approximate surface area is 180 Å². The highest BCUT2D eigenvalue weighted by molar-refractivity contribution is 6.05. The van der Waals surface area contributed by atoms with E-state index in [1.807, 2.05) is 42.5 Å². The van der Waals surface area contributed by atoms with Crippen molar-refractivity contribution in [1.82, 2.24) is 15.5 Å². The zero-order valence-corrected chi connectivity index (χ0v) is 17.5. The van der Waals surface area contributed by atoms with Crippen molar-refractivity contribution in [2.45, 2.75) is 50.3 Å². The second-order valence-electron chi connectivity index (χ2n) is 7.90. The Kier molecular flexibility index (Phi) is 5.90. The summed E-state index contributed by atoms with van der Waals surface area (Å²) in [6, 6.07) is 11.9. The summed E-state index contributed by atoms with van der Waals surface area (Å²) >= 11 is 0. The Bertz CT molecular complexity index is 1010. The van der Waals surface area contributed by atoms with Crippen molar-refractivity contribution in [3.05, 3.63) is 42.5 Å². The first-order valence-corrected chi connectivity index (χ1v) is 10.4. The predicted octanol–water partition coefficient (Wildman–Crippen LogP) is 0.503. The van der Waals surface area contributed by atoms with Gasteiger partial charge >= 0.3 is 0 Å². The van der Waals surface area contributed by atoms with Crippen LogP contribution in [0.25, 0.3) is 10.8 Å². The summed E-state index contributed by atoms with van der Waals surface area (Å²) < 4.78 is 5.96. The maximum absolute atomic E-state index is 13.2. The van der Waals surface area contributed by atoms with Crippen LogP contribution in [0.5, 0.6) is 0 Å². The number of ether oxygens (including phenoxy) is 1. The van der Waals surface area contributed by atoms with Gasteiger partial charge in [-0.3, -0.25) is 19.7 Å². The quantitative estimate of drug-likeness (QED) is 0.517. The molecular formula is C22H27N5O4. The number of amides is 3. The molecule has 3 amide bonds. The molecule has 31 heavy (non-hydrogen) atoms. The van der Waals surface area contributed by atoms with E-state index >= 15 is 0 Å². The number of benzene rings is 2. The van der Waals surface area contributed by atoms with Gasteiger partial charge in [-0.25, -0.2) is 0 Å². The topological polar surface area (TPSA) is 126 Å². The van der Waals surface area contributed by atoms with Crippen LogP contribution < -0.4 is 21.7 Å². The molecule has 164 valence electrons. The van der Waals surface area contributed by atoms with Crippen molar-refractivity contribution in [2.24, 2.45) is 5.73 Å². The number of likely N-dealkylation sites (N-methyl/N-ethyl adjacent to an activating group) is 1. The molecule has 0 spiro atoms. The highest BCUT2D eigenvalue weighted by atomic mass is 16.5. The molecule has 2 heterocycles. The van der Waals surface area contributed by atoms with Crippen molar-refractivity contribution in [2.75, 3.05) is 12.4 Å². The smallest absolute Gasteiger partial charge is 0.252 e. The summed E-state index contributed by atoms with van der Waals surface area (Å²) in [7, 11) is 1.55. The minimum atomic E-state index is -0.943. The van der Waals surface area contributed by atoms with E-state index in [0.717, 1.165) is 10.8 Å². The lowest BCUT2D eigenvalue weighted by molar-refractivity contribution is -0.178. The van der Waals surface area contributed by atoms with E-state index in [1.54, 1.807) is 14.0 Å². The van der Waals surface area contributed by atoms with E-state index < -0.39 is 36.5 Å². The van der Waals surface area contributed by atoms with Gasteiger partial charge in [0.25, 0.3) is 11.8 Å². The molecule has 2 aliphatic rings. The fourth-order valence-electron chi connectivity index (χ4n) is 4.26. The predicted molar refractivity (Wildman–Crippen MR) is 116 cm³/mol. The summed E-state index contributed by atoms with van der Waals surface area (Å²) in [5.41, 5.74) is 6.38. The lowest BCUT2D eigenvalue weighted by Gasteiger charge is -2.41. The molecule has 0 aromatic heterocycles. The van der Waals surface area contributed by atoms with Crippen LogP contribution in [0.1, 0.15) is 19.8 Å². The molecule has 2 aromatic rings. The molecule has 9 heteroatoms. The number of carbonyl (C=O) groups is 3. The van der Waals surface area contributed by atoms with Crippen LogP contribution in [0.15, 0.2) is 42.5 Å². The Morgan fingerprint density at radius 1 is 1.16 bits per heavy atom. The molecule has 0 bridgehead atoms. The van der Waals surface area contributed by atoms with Crippen LogP contribution in [-0.4, -0.2) is 60.3 Å². The SMILES string of the molecule is CN[C@@H](N)C(=O)NC1C(=O)N2C(C(=O)Nc3cccc4ccccc34)CC[C@@H]2O[C@@H]1C. The molecule has 2 aromatic carbocycles. The van der Waals surface area contributed by atoms with Crippen molar-refractivity contribution >= 4 is 34.2 Å². The second-order valence-corrected chi connectivity index (χ2v) is 7.90. The van der Waals surface area contributed by atoms with E-state index in [-0.39, 0.29) is 11.8 Å². The highest BCUT2D eigenvalue weighted by Gasteiger charge is 2.50. The zero-order valence-electron chi connectivity index (χ0n) is 17.5. The third kappa shape index (κ3) is 3.99. The highest BCUT2D eigenvalue weighted by Crippen LogP contribution is 2.33. The Morgan fingerprint density at radius 3 is 2.68 bits per heavy atom. The first-order valence-electron chi connectivity index (χ1n) is 10.4. The number of rotatable bonds is 5. The molecule has 2 aliphatic heterocycles. The van der Waals surface area contributed by atoms with Gasteiger partial charge in [-0.15, -0.1) is 0 Å². The summed E-state index contributed by atoms with van der Waals surface area (Å²) in [4.78, 5) is 40.0. The first-order chi connectivity index (χ1) is 14.9. The second kappa shape index (κ2) is 8.62. The number of carbonyl (C=O) groups excluding carboxylic acids is 3. The maximum atomic E-state index is 13.2. The number of fused-ring (bicyclic) bond motifs is 2. The third-order valence-electron chi connectivity index (χ3n) is 5.94. The summed E-state index contributed by atoms with van der Waals surface area (Å²) in [5, 5.41) is 10.2. The van der Waals surface area contributed by atoms with E-state index in [2.05, 4.69) is 16.0 Å². The first kappa shape index (κ1) is 21.2. The number of anilines is 1. The minimum absolute atomic E-state index is 0.276. The van der Waals surface area contributed by atoms with Crippen LogP contribution in [0, 0.1) is 0 Å². The number of hydrogen-bond donors (Lipinski definition) is 4. The van der Waals surface area contributed by atoms with Crippen molar-refractivity contribution in [3.63, 3.8) is 0 Å². The third-order valence-corrected chi connectivity index (χ3v) is 5.94. The molecule has 5 N–H and O–H groups in total. The molecule has 2 saturated heterocycles. The molecule has 2 fully saturated rings. The standard InChI is InChI=1S/C22H27N5O4/c1-12-18(26-21(29)19(23)24-2)22(30)27-16(10-11-17(27)31-12)20(28)25-15-9-5-7-13-6-3-4-8-14(13)15/h3-9,12,16-19,24H,10-11,23H2,1-2H3,(H,25,28)(H,26,29)/t12-,16?,17+,18?,19-/m1/s1. The molecular weight excluding hydrogens is 398 g/mol. The minimum Gasteiger partial charge on any atom is -0.353 e. The van der Waals surface area contributed by atoms with E-state index in [9.17, 15) is 14.4 Å². The normalized spacial score (nSPS) is 26.4. The van der Waals surface area contributed by atoms with Gasteiger partial charge in [0, 0.05) is 11.1 Å². The molecule has 4 rings (SSSR count). The monoisotopic (exact) mass is 425 g/mol. The van der Waals surface area contributed by atoms with E-state index in [0.29, 0.717) is 18.5 Å². The summed E-state index contributed by atoms with van der Waals surface area (Å²) in [6.07, 6.45) is -0.920. The van der Waals surface area contributed by atoms with Crippen LogP contribution >= 0.6 is 0 Å². The van der Waals surface area contributed by atoms with Gasteiger partial charge in [-0.2, -0.15) is 0 Å². The lowest BCUT2D eigenvalue weighted by Crippen LogP contribution is -2.65. The van der Waals surface area contributed by atoms with E-state index in [1.165, 1.54) is 4.90 Å². The van der Waals surface area contributed by atoms with Crippen LogP contribution in [-0.2, 0) is 19.1 Å². The number of nitrogens with two attached hydrogens (primary N) is 1. The van der Waals surface area contributed by atoms with Gasteiger partial charge < -0.3 is 26.0 Å². The van der Waals surface area contributed by atoms with Crippen LogP contribution in [0.4, 0.5) is 5.69 Å².